The number of nitrogens with two attached hydrogens (primary N) is 2. The molecule has 2 aromatic heterocycles. The summed E-state index contributed by atoms with van der Waals surface area (Å²) in [7, 11) is 0. The molecule has 0 unspecified atom stereocenters. The normalized spacial score (nSPS) is 10.8. The highest BCUT2D eigenvalue weighted by molar-refractivity contribution is 7.13. The van der Waals surface area contributed by atoms with Gasteiger partial charge in [-0.05, 0) is 11.1 Å². The molecule has 0 spiro atoms. The van der Waals surface area contributed by atoms with E-state index in [-0.39, 0.29) is 0 Å². The van der Waals surface area contributed by atoms with Gasteiger partial charge in [-0.1, -0.05) is 59.9 Å². The lowest BCUT2D eigenvalue weighted by atomic mass is 10.0. The number of rotatable bonds is 3. The van der Waals surface area contributed by atoms with Crippen LogP contribution in [0.15, 0.2) is 59.3 Å². The third-order valence-corrected chi connectivity index (χ3v) is 5.18. The van der Waals surface area contributed by atoms with Gasteiger partial charge in [-0.25, -0.2) is 9.97 Å². The van der Waals surface area contributed by atoms with Crippen LogP contribution in [0.4, 0.5) is 10.3 Å². The van der Waals surface area contributed by atoms with Gasteiger partial charge in [0, 0.05) is 21.9 Å². The van der Waals surface area contributed by atoms with Crippen molar-refractivity contribution in [2.24, 2.45) is 0 Å². The minimum absolute atomic E-state index is 0.593. The second-order valence-electron chi connectivity index (χ2n) is 5.36. The second-order valence-corrected chi connectivity index (χ2v) is 7.17. The van der Waals surface area contributed by atoms with Crippen molar-refractivity contribution in [3.63, 3.8) is 0 Å². The van der Waals surface area contributed by atoms with Crippen molar-refractivity contribution in [1.29, 1.82) is 0 Å². The average molecular weight is 351 g/mol. The highest BCUT2D eigenvalue weighted by atomic mass is 32.1. The van der Waals surface area contributed by atoms with Crippen molar-refractivity contribution in [3.8, 4) is 33.6 Å². The maximum Gasteiger partial charge on any atom is 0.329 e. The molecule has 0 aliphatic carbocycles. The molecule has 4 aromatic rings. The Hall–Kier alpha value is -2.70. The summed E-state index contributed by atoms with van der Waals surface area (Å²) < 4.78 is 0. The predicted molar refractivity (Wildman–Crippen MR) is 102 cm³/mol. The number of aromatic nitrogens is 2. The number of nitrogen functional groups attached to an aromatic ring is 2. The van der Waals surface area contributed by atoms with Gasteiger partial charge < -0.3 is 5.73 Å². The number of thiazole rings is 2. The lowest BCUT2D eigenvalue weighted by Gasteiger charge is -2.04. The van der Waals surface area contributed by atoms with Gasteiger partial charge in [0.25, 0.3) is 0 Å². The van der Waals surface area contributed by atoms with E-state index in [9.17, 15) is 0 Å². The van der Waals surface area contributed by atoms with Gasteiger partial charge in [0.05, 0.1) is 5.69 Å². The van der Waals surface area contributed by atoms with Crippen LogP contribution >= 0.6 is 22.7 Å². The van der Waals surface area contributed by atoms with Crippen molar-refractivity contribution in [2.45, 2.75) is 0 Å². The molecule has 0 atom stereocenters. The molecule has 6 heteroatoms. The molecule has 0 aliphatic rings. The van der Waals surface area contributed by atoms with Crippen LogP contribution in [0.5, 0.6) is 0 Å². The topological polar surface area (TPSA) is 79.1 Å². The van der Waals surface area contributed by atoms with Crippen molar-refractivity contribution in [1.82, 2.24) is 4.98 Å². The van der Waals surface area contributed by atoms with Crippen molar-refractivity contribution < 1.29 is 4.98 Å². The first-order valence-corrected chi connectivity index (χ1v) is 9.13. The Kier molecular flexibility index (Phi) is 3.76. The Morgan fingerprint density at radius 2 is 1.29 bits per heavy atom. The lowest BCUT2D eigenvalue weighted by Crippen LogP contribution is -2.06. The van der Waals surface area contributed by atoms with Crippen LogP contribution in [-0.4, -0.2) is 4.98 Å². The summed E-state index contributed by atoms with van der Waals surface area (Å²) in [5.74, 6) is 0. The highest BCUT2D eigenvalue weighted by Crippen LogP contribution is 2.28. The Morgan fingerprint density at radius 1 is 0.708 bits per heavy atom. The third kappa shape index (κ3) is 2.89. The first kappa shape index (κ1) is 14.9. The monoisotopic (exact) mass is 351 g/mol. The number of aromatic amines is 1. The average Bonchev–Trinajstić information content (AvgIpc) is 3.24. The zero-order valence-corrected chi connectivity index (χ0v) is 14.3. The van der Waals surface area contributed by atoms with Gasteiger partial charge in [-0.3, -0.25) is 5.73 Å². The maximum atomic E-state index is 5.75. The standard InChI is InChI=1S/C18H14N4S2/c19-17-21-15(9-23-17)13-5-1-11(2-6-13)12-3-7-14(8-4-12)16-10-24-18(20)22-16/h1-10H,(H2,19,21)(H2,20,22)/p+1. The van der Waals surface area contributed by atoms with Gasteiger partial charge >= 0.3 is 5.13 Å². The second kappa shape index (κ2) is 6.07. The molecule has 0 bridgehead atoms. The van der Waals surface area contributed by atoms with E-state index in [1.807, 2.05) is 10.8 Å². The molecule has 4 nitrogen and oxygen atoms in total. The molecule has 0 saturated carbocycles. The zero-order chi connectivity index (χ0) is 16.5. The fourth-order valence-electron chi connectivity index (χ4n) is 2.55. The molecule has 5 N–H and O–H groups in total. The molecule has 118 valence electrons. The number of nitrogens with zero attached hydrogens (tertiary/aromatic N) is 1. The molecule has 4 rings (SSSR count). The van der Waals surface area contributed by atoms with Crippen molar-refractivity contribution in [3.05, 3.63) is 59.3 Å². The van der Waals surface area contributed by atoms with E-state index in [1.165, 1.54) is 33.8 Å². The molecular weight excluding hydrogens is 336 g/mol. The fraction of sp³-hybridized carbons (Fsp3) is 0. The van der Waals surface area contributed by atoms with Crippen LogP contribution < -0.4 is 16.5 Å². The molecular formula is C18H15N4S2+. The van der Waals surface area contributed by atoms with Crippen LogP contribution in [0.25, 0.3) is 33.6 Å². The van der Waals surface area contributed by atoms with E-state index >= 15 is 0 Å². The number of benzene rings is 2. The maximum absolute atomic E-state index is 5.75. The molecule has 2 aromatic carbocycles. The van der Waals surface area contributed by atoms with E-state index in [0.717, 1.165) is 22.5 Å². The van der Waals surface area contributed by atoms with Crippen LogP contribution in [0, 0.1) is 0 Å². The summed E-state index contributed by atoms with van der Waals surface area (Å²) in [6.07, 6.45) is 0. The van der Waals surface area contributed by atoms with Crippen LogP contribution in [0.3, 0.4) is 0 Å². The Bertz CT molecular complexity index is 887. The van der Waals surface area contributed by atoms with Crippen molar-refractivity contribution in [2.75, 3.05) is 11.5 Å². The van der Waals surface area contributed by atoms with Gasteiger partial charge in [-0.15, -0.1) is 11.3 Å². The van der Waals surface area contributed by atoms with Crippen LogP contribution in [0.1, 0.15) is 0 Å². The van der Waals surface area contributed by atoms with E-state index in [2.05, 4.69) is 58.5 Å². The molecule has 24 heavy (non-hydrogen) atoms. The van der Waals surface area contributed by atoms with E-state index in [1.54, 1.807) is 0 Å². The van der Waals surface area contributed by atoms with Gasteiger partial charge in [-0.2, -0.15) is 0 Å². The summed E-state index contributed by atoms with van der Waals surface area (Å²) in [6, 6.07) is 16.8. The molecule has 2 heterocycles. The third-order valence-electron chi connectivity index (χ3n) is 3.79. The number of H-pyrrole nitrogens is 1. The van der Waals surface area contributed by atoms with Crippen molar-refractivity contribution >= 4 is 32.9 Å². The zero-order valence-electron chi connectivity index (χ0n) is 12.7. The molecule has 0 saturated heterocycles. The molecule has 0 aliphatic heterocycles. The summed E-state index contributed by atoms with van der Waals surface area (Å²) in [6.45, 7) is 0. The molecule has 0 amide bonds. The van der Waals surface area contributed by atoms with E-state index < -0.39 is 0 Å². The predicted octanol–water partition coefficient (Wildman–Crippen LogP) is 4.18. The Balaban J connectivity index is 1.59. The first-order valence-electron chi connectivity index (χ1n) is 7.37. The summed E-state index contributed by atoms with van der Waals surface area (Å²) in [5, 5.41) is 5.31. The van der Waals surface area contributed by atoms with Gasteiger partial charge in [0.1, 0.15) is 5.69 Å². The minimum atomic E-state index is 0.593. The van der Waals surface area contributed by atoms with E-state index in [4.69, 9.17) is 11.5 Å². The first-order chi connectivity index (χ1) is 11.7. The van der Waals surface area contributed by atoms with Gasteiger partial charge in [0.2, 0.25) is 0 Å². The summed E-state index contributed by atoms with van der Waals surface area (Å²) >= 11 is 2.97. The van der Waals surface area contributed by atoms with Gasteiger partial charge in [0.15, 0.2) is 5.13 Å². The number of hydrogen-bond donors (Lipinski definition) is 2. The van der Waals surface area contributed by atoms with Crippen LogP contribution in [0.2, 0.25) is 0 Å². The number of nitrogens with one attached hydrogen (secondary N) is 1. The minimum Gasteiger partial charge on any atom is -0.375 e. The smallest absolute Gasteiger partial charge is 0.329 e. The number of anilines is 2. The Morgan fingerprint density at radius 3 is 1.79 bits per heavy atom. The summed E-state index contributed by atoms with van der Waals surface area (Å²) in [5.41, 5.74) is 18.0. The molecule has 0 radical (unpaired) electrons. The molecule has 0 fully saturated rings. The Labute approximate surface area is 147 Å². The highest BCUT2D eigenvalue weighted by Gasteiger charge is 2.07. The lowest BCUT2D eigenvalue weighted by molar-refractivity contribution is -0.340. The number of hydrogen-bond acceptors (Lipinski definition) is 5. The van der Waals surface area contributed by atoms with Crippen LogP contribution in [-0.2, 0) is 0 Å². The largest absolute Gasteiger partial charge is 0.375 e. The summed E-state index contributed by atoms with van der Waals surface area (Å²) in [4.78, 5) is 7.47. The SMILES string of the molecule is Nc1nc(-c2ccc(-c3ccc(-c4csc(N)[nH+]4)cc3)cc2)cs1. The fourth-order valence-corrected chi connectivity index (χ4v) is 3.73. The quantitative estimate of drug-likeness (QED) is 0.581. The van der Waals surface area contributed by atoms with E-state index in [0.29, 0.717) is 10.3 Å².